The van der Waals surface area contributed by atoms with E-state index in [9.17, 15) is 22.8 Å². The van der Waals surface area contributed by atoms with Gasteiger partial charge in [-0.2, -0.15) is 13.2 Å². The first-order valence-corrected chi connectivity index (χ1v) is 8.08. The molecule has 134 valence electrons. The number of rotatable bonds is 6. The van der Waals surface area contributed by atoms with Gasteiger partial charge in [-0.1, -0.05) is 12.1 Å². The zero-order valence-corrected chi connectivity index (χ0v) is 13.7. The number of para-hydroxylation sites is 1. The molecule has 0 aliphatic heterocycles. The van der Waals surface area contributed by atoms with Crippen molar-refractivity contribution in [3.8, 4) is 5.75 Å². The number of benzene rings is 1. The molecule has 2 rings (SSSR count). The van der Waals surface area contributed by atoms with Crippen LogP contribution in [0.1, 0.15) is 22.5 Å². The van der Waals surface area contributed by atoms with Crippen molar-refractivity contribution >= 4 is 28.3 Å². The first-order valence-electron chi connectivity index (χ1n) is 7.20. The van der Waals surface area contributed by atoms with Gasteiger partial charge in [0.15, 0.2) is 5.13 Å². The number of ether oxygens (including phenoxy) is 1. The first-order chi connectivity index (χ1) is 11.8. The SMILES string of the molecule is [NH3+]CCC(=O)Oc1ccccc1C(=O)Nc1nc(CC(F)(F)F)cs1. The Morgan fingerprint density at radius 3 is 2.68 bits per heavy atom. The molecule has 6 nitrogen and oxygen atoms in total. The lowest BCUT2D eigenvalue weighted by atomic mass is 10.2. The number of esters is 1. The molecule has 0 aliphatic rings. The molecular weight excluding hydrogens is 359 g/mol. The van der Waals surface area contributed by atoms with Crippen molar-refractivity contribution < 1.29 is 33.2 Å². The van der Waals surface area contributed by atoms with Crippen LogP contribution in [0, 0.1) is 0 Å². The Morgan fingerprint density at radius 2 is 2.00 bits per heavy atom. The standard InChI is InChI=1S/C15H14F3N3O3S/c16-15(17,18)7-9-8-25-14(20-9)21-13(23)10-3-1-2-4-11(10)24-12(22)5-6-19/h1-4,8H,5-7,19H2,(H,20,21,23)/p+1. The Kier molecular flexibility index (Phi) is 6.10. The fourth-order valence-electron chi connectivity index (χ4n) is 1.88. The molecule has 1 amide bonds. The normalized spacial score (nSPS) is 11.2. The van der Waals surface area contributed by atoms with Crippen molar-refractivity contribution in [2.24, 2.45) is 0 Å². The summed E-state index contributed by atoms with van der Waals surface area (Å²) < 4.78 is 42.1. The minimum absolute atomic E-state index is 0.0307. The zero-order chi connectivity index (χ0) is 18.4. The molecule has 10 heteroatoms. The molecule has 0 bridgehead atoms. The van der Waals surface area contributed by atoms with Crippen LogP contribution in [0.5, 0.6) is 5.75 Å². The van der Waals surface area contributed by atoms with E-state index in [1.165, 1.54) is 17.5 Å². The maximum atomic E-state index is 12.3. The number of aromatic nitrogens is 1. The van der Waals surface area contributed by atoms with Gasteiger partial charge in [-0.25, -0.2) is 4.98 Å². The smallest absolute Gasteiger partial charge is 0.394 e. The Balaban J connectivity index is 2.10. The van der Waals surface area contributed by atoms with Crippen LogP contribution >= 0.6 is 11.3 Å². The molecule has 1 heterocycles. The van der Waals surface area contributed by atoms with Crippen molar-refractivity contribution in [3.05, 3.63) is 40.9 Å². The minimum Gasteiger partial charge on any atom is -0.426 e. The van der Waals surface area contributed by atoms with E-state index in [4.69, 9.17) is 4.74 Å². The molecule has 0 spiro atoms. The van der Waals surface area contributed by atoms with Gasteiger partial charge in [0.05, 0.1) is 30.6 Å². The molecule has 0 saturated heterocycles. The molecule has 1 aromatic heterocycles. The number of thiazole rings is 1. The van der Waals surface area contributed by atoms with Gasteiger partial charge in [0.2, 0.25) is 0 Å². The average Bonchev–Trinajstić information content (AvgIpc) is 2.92. The fourth-order valence-corrected chi connectivity index (χ4v) is 2.58. The fraction of sp³-hybridized carbons (Fsp3) is 0.267. The second-order valence-corrected chi connectivity index (χ2v) is 5.82. The Hall–Kier alpha value is -2.46. The molecule has 2 aromatic rings. The highest BCUT2D eigenvalue weighted by molar-refractivity contribution is 7.14. The van der Waals surface area contributed by atoms with Crippen molar-refractivity contribution in [3.63, 3.8) is 0 Å². The summed E-state index contributed by atoms with van der Waals surface area (Å²) in [6, 6.07) is 6.05. The van der Waals surface area contributed by atoms with Crippen LogP contribution < -0.4 is 15.8 Å². The van der Waals surface area contributed by atoms with E-state index in [1.807, 2.05) is 0 Å². The molecule has 0 atom stereocenters. The van der Waals surface area contributed by atoms with E-state index in [0.717, 1.165) is 11.3 Å². The maximum Gasteiger partial charge on any atom is 0.394 e. The number of carbonyl (C=O) groups is 2. The first kappa shape index (κ1) is 18.9. The van der Waals surface area contributed by atoms with Crippen molar-refractivity contribution in [1.29, 1.82) is 0 Å². The van der Waals surface area contributed by atoms with E-state index in [-0.39, 0.29) is 28.6 Å². The molecule has 0 fully saturated rings. The Morgan fingerprint density at radius 1 is 1.28 bits per heavy atom. The number of hydrogen-bond donors (Lipinski definition) is 2. The van der Waals surface area contributed by atoms with Crippen LogP contribution in [-0.2, 0) is 11.2 Å². The third-order valence-corrected chi connectivity index (χ3v) is 3.70. The lowest BCUT2D eigenvalue weighted by Gasteiger charge is -2.08. The molecular formula is C15H15F3N3O3S+. The van der Waals surface area contributed by atoms with Gasteiger partial charge < -0.3 is 10.5 Å². The summed E-state index contributed by atoms with van der Waals surface area (Å²) in [4.78, 5) is 27.6. The summed E-state index contributed by atoms with van der Waals surface area (Å²) >= 11 is 0.882. The zero-order valence-electron chi connectivity index (χ0n) is 12.9. The number of nitrogens with zero attached hydrogens (tertiary/aromatic N) is 1. The predicted molar refractivity (Wildman–Crippen MR) is 84.3 cm³/mol. The lowest BCUT2D eigenvalue weighted by molar-refractivity contribution is -0.366. The number of alkyl halides is 3. The number of carbonyl (C=O) groups excluding carboxylic acids is 2. The predicted octanol–water partition coefficient (Wildman–Crippen LogP) is 2.04. The highest BCUT2D eigenvalue weighted by atomic mass is 32.1. The summed E-state index contributed by atoms with van der Waals surface area (Å²) in [5.41, 5.74) is 3.44. The van der Waals surface area contributed by atoms with E-state index in [0.29, 0.717) is 6.54 Å². The third kappa shape index (κ3) is 5.84. The summed E-state index contributed by atoms with van der Waals surface area (Å²) in [5.74, 6) is -1.10. The molecule has 0 radical (unpaired) electrons. The lowest BCUT2D eigenvalue weighted by Crippen LogP contribution is -2.51. The molecule has 0 unspecified atom stereocenters. The highest BCUT2D eigenvalue weighted by Crippen LogP contribution is 2.25. The molecule has 4 N–H and O–H groups in total. The van der Waals surface area contributed by atoms with Crippen LogP contribution in [0.2, 0.25) is 0 Å². The van der Waals surface area contributed by atoms with Gasteiger partial charge in [-0.15, -0.1) is 11.3 Å². The van der Waals surface area contributed by atoms with Gasteiger partial charge in [0.1, 0.15) is 5.75 Å². The second-order valence-electron chi connectivity index (χ2n) is 4.96. The van der Waals surface area contributed by atoms with Crippen molar-refractivity contribution in [2.75, 3.05) is 11.9 Å². The number of anilines is 1. The van der Waals surface area contributed by atoms with Crippen LogP contribution in [0.15, 0.2) is 29.6 Å². The van der Waals surface area contributed by atoms with Crippen LogP contribution in [0.4, 0.5) is 18.3 Å². The quantitative estimate of drug-likeness (QED) is 0.597. The molecule has 1 aromatic carbocycles. The number of amides is 1. The molecule has 0 saturated carbocycles. The Bertz CT molecular complexity index is 762. The minimum atomic E-state index is -4.37. The van der Waals surface area contributed by atoms with E-state index in [1.54, 1.807) is 12.1 Å². The van der Waals surface area contributed by atoms with Gasteiger partial charge in [0, 0.05) is 5.38 Å². The number of quaternary nitrogens is 1. The number of nitrogens with one attached hydrogen (secondary N) is 1. The summed E-state index contributed by atoms with van der Waals surface area (Å²) in [5, 5.41) is 3.66. The topological polar surface area (TPSA) is 95.9 Å². The second kappa shape index (κ2) is 8.08. The van der Waals surface area contributed by atoms with E-state index < -0.39 is 24.5 Å². The van der Waals surface area contributed by atoms with Crippen LogP contribution in [-0.4, -0.2) is 29.6 Å². The molecule has 0 aliphatic carbocycles. The van der Waals surface area contributed by atoms with Gasteiger partial charge >= 0.3 is 12.1 Å². The van der Waals surface area contributed by atoms with Gasteiger partial charge in [-0.05, 0) is 12.1 Å². The van der Waals surface area contributed by atoms with Gasteiger partial charge in [-0.3, -0.25) is 14.9 Å². The van der Waals surface area contributed by atoms with E-state index >= 15 is 0 Å². The van der Waals surface area contributed by atoms with Gasteiger partial charge in [0.25, 0.3) is 5.91 Å². The molecule has 25 heavy (non-hydrogen) atoms. The van der Waals surface area contributed by atoms with E-state index in [2.05, 4.69) is 16.0 Å². The summed E-state index contributed by atoms with van der Waals surface area (Å²) in [7, 11) is 0. The maximum absolute atomic E-state index is 12.3. The summed E-state index contributed by atoms with van der Waals surface area (Å²) in [6.07, 6.45) is -5.44. The Labute approximate surface area is 144 Å². The monoisotopic (exact) mass is 374 g/mol. The number of hydrogen-bond acceptors (Lipinski definition) is 5. The van der Waals surface area contributed by atoms with Crippen LogP contribution in [0.3, 0.4) is 0 Å². The summed E-state index contributed by atoms with van der Waals surface area (Å²) in [6.45, 7) is 0.355. The van der Waals surface area contributed by atoms with Crippen LogP contribution in [0.25, 0.3) is 0 Å². The largest absolute Gasteiger partial charge is 0.426 e. The van der Waals surface area contributed by atoms with Crippen molar-refractivity contribution in [1.82, 2.24) is 4.98 Å². The number of halogens is 3. The van der Waals surface area contributed by atoms with Crippen molar-refractivity contribution in [2.45, 2.75) is 19.0 Å². The third-order valence-electron chi connectivity index (χ3n) is 2.89. The average molecular weight is 374 g/mol. The highest BCUT2D eigenvalue weighted by Gasteiger charge is 2.29.